The van der Waals surface area contributed by atoms with Crippen LogP contribution in [-0.2, 0) is 21.9 Å². The van der Waals surface area contributed by atoms with E-state index < -0.39 is 15.9 Å². The number of piperazine rings is 1. The highest BCUT2D eigenvalue weighted by molar-refractivity contribution is 7.93. The van der Waals surface area contributed by atoms with E-state index in [9.17, 15) is 13.2 Å². The maximum atomic E-state index is 14.2. The number of halogens is 1. The molecule has 2 aromatic carbocycles. The molecule has 0 aliphatic carbocycles. The summed E-state index contributed by atoms with van der Waals surface area (Å²) in [5.41, 5.74) is 1.93. The maximum Gasteiger partial charge on any atom is 0.271 e. The third kappa shape index (κ3) is 5.46. The second-order valence-corrected chi connectivity index (χ2v) is 11.5. The first-order valence-corrected chi connectivity index (χ1v) is 14.2. The lowest BCUT2D eigenvalue weighted by Crippen LogP contribution is -2.46. The van der Waals surface area contributed by atoms with E-state index in [-0.39, 0.29) is 41.2 Å². The maximum absolute atomic E-state index is 14.2. The van der Waals surface area contributed by atoms with Gasteiger partial charge in [-0.15, -0.1) is 12.4 Å². The van der Waals surface area contributed by atoms with Crippen LogP contribution in [0.15, 0.2) is 59.5 Å². The summed E-state index contributed by atoms with van der Waals surface area (Å²) in [5.74, 6) is -0.329. The van der Waals surface area contributed by atoms with Gasteiger partial charge in [0.2, 0.25) is 17.7 Å². The lowest BCUT2D eigenvalue weighted by atomic mass is 10.1. The Morgan fingerprint density at radius 1 is 0.925 bits per heavy atom. The topological polar surface area (TPSA) is 97.2 Å². The van der Waals surface area contributed by atoms with Gasteiger partial charge in [-0.3, -0.25) is 4.79 Å². The molecule has 4 aromatic rings. The van der Waals surface area contributed by atoms with Crippen LogP contribution in [0.1, 0.15) is 6.42 Å². The summed E-state index contributed by atoms with van der Waals surface area (Å²) < 4.78 is 42.0. The Bertz CT molecular complexity index is 1630. The van der Waals surface area contributed by atoms with Crippen LogP contribution in [0, 0.1) is 0 Å². The number of hydrogen-bond donors (Lipinski definition) is 0. The third-order valence-electron chi connectivity index (χ3n) is 7.32. The van der Waals surface area contributed by atoms with E-state index in [1.165, 1.54) is 26.4 Å². The van der Waals surface area contributed by atoms with Crippen LogP contribution in [0.2, 0.25) is 0 Å². The summed E-state index contributed by atoms with van der Waals surface area (Å²) >= 11 is 0. The van der Waals surface area contributed by atoms with Gasteiger partial charge in [0.1, 0.15) is 5.69 Å². The van der Waals surface area contributed by atoms with Gasteiger partial charge in [0.05, 0.1) is 19.1 Å². The average molecular weight is 588 g/mol. The van der Waals surface area contributed by atoms with E-state index in [4.69, 9.17) is 9.47 Å². The van der Waals surface area contributed by atoms with Crippen LogP contribution in [0.3, 0.4) is 0 Å². The molecule has 0 atom stereocenters. The Labute approximate surface area is 240 Å². The van der Waals surface area contributed by atoms with E-state index in [0.717, 1.165) is 52.3 Å². The van der Waals surface area contributed by atoms with Gasteiger partial charge in [-0.25, -0.2) is 8.42 Å². The number of carbonyl (C=O) groups excluding carboxylic acids is 1. The summed E-state index contributed by atoms with van der Waals surface area (Å²) in [5, 5.41) is 1.72. The molecular weight excluding hydrogens is 554 g/mol. The first kappa shape index (κ1) is 29.6. The third-order valence-corrected chi connectivity index (χ3v) is 9.05. The van der Waals surface area contributed by atoms with Gasteiger partial charge in [0.15, 0.2) is 0 Å². The zero-order valence-corrected chi connectivity index (χ0v) is 24.7. The van der Waals surface area contributed by atoms with Crippen LogP contribution in [0.25, 0.3) is 21.8 Å². The van der Waals surface area contributed by atoms with Crippen LogP contribution in [-0.4, -0.2) is 87.7 Å². The Balaban J connectivity index is 0.00000370. The van der Waals surface area contributed by atoms with Gasteiger partial charge in [-0.1, -0.05) is 18.2 Å². The molecule has 1 amide bonds. The molecular formula is C28H34ClN5O5S. The molecule has 1 aliphatic heterocycles. The van der Waals surface area contributed by atoms with Gasteiger partial charge in [-0.2, -0.15) is 9.29 Å². The van der Waals surface area contributed by atoms with E-state index in [0.29, 0.717) is 6.54 Å². The van der Waals surface area contributed by atoms with Crippen molar-refractivity contribution in [1.82, 2.24) is 19.4 Å². The minimum absolute atomic E-state index is 0. The quantitative estimate of drug-likeness (QED) is 0.309. The molecule has 0 unspecified atom stereocenters. The normalized spacial score (nSPS) is 14.7. The molecule has 10 nitrogen and oxygen atoms in total. The van der Waals surface area contributed by atoms with Crippen LogP contribution < -0.4 is 13.8 Å². The number of sulfonamides is 1. The molecule has 0 radical (unpaired) electrons. The van der Waals surface area contributed by atoms with Gasteiger partial charge >= 0.3 is 0 Å². The number of nitrogens with zero attached hydrogens (tertiary/aromatic N) is 5. The fourth-order valence-corrected chi connectivity index (χ4v) is 6.55. The predicted octanol–water partition coefficient (Wildman–Crippen LogP) is 3.52. The molecule has 2 aromatic heterocycles. The van der Waals surface area contributed by atoms with E-state index in [1.54, 1.807) is 18.2 Å². The molecule has 40 heavy (non-hydrogen) atoms. The van der Waals surface area contributed by atoms with Crippen molar-refractivity contribution in [2.45, 2.75) is 11.3 Å². The van der Waals surface area contributed by atoms with Crippen molar-refractivity contribution < 1.29 is 22.7 Å². The Morgan fingerprint density at radius 2 is 1.62 bits per heavy atom. The summed E-state index contributed by atoms with van der Waals surface area (Å²) in [6.07, 6.45) is 0.0225. The Morgan fingerprint density at radius 3 is 2.33 bits per heavy atom. The summed E-state index contributed by atoms with van der Waals surface area (Å²) in [4.78, 5) is 22.4. The van der Waals surface area contributed by atoms with Crippen LogP contribution >= 0.6 is 12.4 Å². The average Bonchev–Trinajstić information content (AvgIpc) is 3.24. The largest absolute Gasteiger partial charge is 0.481 e. The van der Waals surface area contributed by atoms with Gasteiger partial charge in [-0.05, 0) is 37.4 Å². The van der Waals surface area contributed by atoms with Gasteiger partial charge < -0.3 is 23.8 Å². The van der Waals surface area contributed by atoms with Crippen LogP contribution in [0.5, 0.6) is 11.8 Å². The highest BCUT2D eigenvalue weighted by Gasteiger charge is 2.34. The highest BCUT2D eigenvalue weighted by Crippen LogP contribution is 2.36. The fraction of sp³-hybridized carbons (Fsp3) is 0.357. The number of likely N-dealkylation sites (N-methyl/N-ethyl adjacent to an activating group) is 1. The number of pyridine rings is 1. The first-order chi connectivity index (χ1) is 18.7. The summed E-state index contributed by atoms with van der Waals surface area (Å²) in [6, 6.07) is 15.8. The number of aromatic nitrogens is 2. The van der Waals surface area contributed by atoms with Crippen molar-refractivity contribution in [2.24, 2.45) is 7.05 Å². The lowest BCUT2D eigenvalue weighted by molar-refractivity contribution is -0.117. The van der Waals surface area contributed by atoms with E-state index in [1.807, 2.05) is 35.9 Å². The zero-order valence-electron chi connectivity index (χ0n) is 23.0. The Kier molecular flexibility index (Phi) is 8.89. The number of hydrogen-bond acceptors (Lipinski definition) is 8. The molecule has 1 aliphatic rings. The van der Waals surface area contributed by atoms with Crippen molar-refractivity contribution in [2.75, 3.05) is 58.3 Å². The number of amides is 1. The lowest BCUT2D eigenvalue weighted by Gasteiger charge is -2.32. The van der Waals surface area contributed by atoms with Crippen molar-refractivity contribution >= 4 is 55.8 Å². The number of para-hydroxylation sites is 1. The Hall–Kier alpha value is -3.38. The van der Waals surface area contributed by atoms with E-state index >= 15 is 0 Å². The fourth-order valence-electron chi connectivity index (χ4n) is 5.07. The van der Waals surface area contributed by atoms with Gasteiger partial charge in [0.25, 0.3) is 10.0 Å². The highest BCUT2D eigenvalue weighted by atomic mass is 35.5. The molecule has 0 N–H and O–H groups in total. The van der Waals surface area contributed by atoms with Crippen molar-refractivity contribution in [3.8, 4) is 11.8 Å². The molecule has 0 saturated carbocycles. The molecule has 12 heteroatoms. The van der Waals surface area contributed by atoms with Crippen molar-refractivity contribution in [1.29, 1.82) is 0 Å². The van der Waals surface area contributed by atoms with Crippen molar-refractivity contribution in [3.63, 3.8) is 0 Å². The standard InChI is InChI=1S/C28H33N5O5S.ClH/c1-30-15-17-32(18-16-30)14-13-27(34)33(25-11-12-26(37-3)29-28(25)38-4)39(35,36)20-9-10-24-22(19-20)21-7-5-6-8-23(21)31(24)2;/h5-12,19H,13-18H2,1-4H3;1H. The van der Waals surface area contributed by atoms with Crippen molar-refractivity contribution in [3.05, 3.63) is 54.6 Å². The SMILES string of the molecule is COc1ccc(N(C(=O)CCN2CCN(C)CC2)S(=O)(=O)c2ccc3c(c2)c2ccccc2n3C)c(OC)n1.Cl. The summed E-state index contributed by atoms with van der Waals surface area (Å²) in [6.45, 7) is 3.89. The molecule has 1 fully saturated rings. The van der Waals surface area contributed by atoms with E-state index in [2.05, 4.69) is 21.8 Å². The number of methoxy groups -OCH3 is 2. The molecule has 0 spiro atoms. The minimum atomic E-state index is -4.33. The van der Waals surface area contributed by atoms with Gasteiger partial charge in [0, 0.05) is 74.1 Å². The number of fused-ring (bicyclic) bond motifs is 3. The zero-order chi connectivity index (χ0) is 27.7. The number of rotatable bonds is 8. The second kappa shape index (κ2) is 12.0. The monoisotopic (exact) mass is 587 g/mol. The smallest absolute Gasteiger partial charge is 0.271 e. The number of benzene rings is 2. The molecule has 5 rings (SSSR count). The first-order valence-electron chi connectivity index (χ1n) is 12.8. The molecule has 214 valence electrons. The molecule has 1 saturated heterocycles. The number of ether oxygens (including phenoxy) is 2. The van der Waals surface area contributed by atoms with Crippen LogP contribution in [0.4, 0.5) is 5.69 Å². The second-order valence-electron chi connectivity index (χ2n) is 9.70. The summed E-state index contributed by atoms with van der Waals surface area (Å²) in [7, 11) is 2.51. The minimum Gasteiger partial charge on any atom is -0.481 e. The number of aryl methyl sites for hydroxylation is 1. The molecule has 0 bridgehead atoms. The number of carbonyl (C=O) groups is 1. The molecule has 3 heterocycles. The predicted molar refractivity (Wildman–Crippen MR) is 158 cm³/mol. The number of anilines is 1.